The first-order valence-corrected chi connectivity index (χ1v) is 6.30. The van der Waals surface area contributed by atoms with Crippen molar-refractivity contribution in [1.82, 2.24) is 5.32 Å². The summed E-state index contributed by atoms with van der Waals surface area (Å²) in [6.07, 6.45) is 0. The lowest BCUT2D eigenvalue weighted by Crippen LogP contribution is -2.33. The Labute approximate surface area is 117 Å². The number of nitrogens with two attached hydrogens (primary N) is 1. The van der Waals surface area contributed by atoms with Crippen LogP contribution in [0, 0.1) is 6.92 Å². The van der Waals surface area contributed by atoms with Crippen LogP contribution in [0.2, 0.25) is 0 Å². The SMILES string of the molecule is Cc1ccc(-c2ccccc2C(=O)NCC(N)=O)cc1. The minimum atomic E-state index is -0.564. The molecule has 0 atom stereocenters. The predicted octanol–water partition coefficient (Wildman–Crippen LogP) is 1.88. The number of carbonyl (C=O) groups is 2. The van der Waals surface area contributed by atoms with E-state index < -0.39 is 5.91 Å². The number of primary amides is 1. The average molecular weight is 268 g/mol. The molecule has 2 amide bonds. The minimum Gasteiger partial charge on any atom is -0.368 e. The van der Waals surface area contributed by atoms with Crippen LogP contribution in [-0.2, 0) is 4.79 Å². The molecule has 3 N–H and O–H groups in total. The first-order chi connectivity index (χ1) is 9.58. The molecule has 0 saturated carbocycles. The Morgan fingerprint density at radius 2 is 1.70 bits per heavy atom. The molecule has 0 aromatic heterocycles. The Balaban J connectivity index is 2.33. The van der Waals surface area contributed by atoms with Crippen molar-refractivity contribution >= 4 is 11.8 Å². The van der Waals surface area contributed by atoms with E-state index in [0.29, 0.717) is 5.56 Å². The van der Waals surface area contributed by atoms with Crippen molar-refractivity contribution in [1.29, 1.82) is 0 Å². The molecule has 0 spiro atoms. The third-order valence-electron chi connectivity index (χ3n) is 2.96. The minimum absolute atomic E-state index is 0.166. The Hall–Kier alpha value is -2.62. The van der Waals surface area contributed by atoms with Gasteiger partial charge < -0.3 is 11.1 Å². The highest BCUT2D eigenvalue weighted by molar-refractivity contribution is 6.02. The van der Waals surface area contributed by atoms with E-state index in [9.17, 15) is 9.59 Å². The highest BCUT2D eigenvalue weighted by Gasteiger charge is 2.12. The van der Waals surface area contributed by atoms with Gasteiger partial charge in [-0.1, -0.05) is 48.0 Å². The van der Waals surface area contributed by atoms with Crippen LogP contribution in [0.3, 0.4) is 0 Å². The fraction of sp³-hybridized carbons (Fsp3) is 0.125. The zero-order chi connectivity index (χ0) is 14.5. The van der Waals surface area contributed by atoms with Crippen LogP contribution in [0.1, 0.15) is 15.9 Å². The molecule has 2 rings (SSSR count). The van der Waals surface area contributed by atoms with Gasteiger partial charge in [0.15, 0.2) is 0 Å². The second-order valence-corrected chi connectivity index (χ2v) is 4.56. The van der Waals surface area contributed by atoms with E-state index in [2.05, 4.69) is 5.32 Å². The lowest BCUT2D eigenvalue weighted by Gasteiger charge is -2.10. The molecule has 0 aliphatic carbocycles. The van der Waals surface area contributed by atoms with Gasteiger partial charge >= 0.3 is 0 Å². The summed E-state index contributed by atoms with van der Waals surface area (Å²) < 4.78 is 0. The largest absolute Gasteiger partial charge is 0.368 e. The van der Waals surface area contributed by atoms with Crippen molar-refractivity contribution < 1.29 is 9.59 Å². The molecule has 0 fully saturated rings. The molecular weight excluding hydrogens is 252 g/mol. The zero-order valence-electron chi connectivity index (χ0n) is 11.2. The first-order valence-electron chi connectivity index (χ1n) is 6.30. The average Bonchev–Trinajstić information content (AvgIpc) is 2.45. The van der Waals surface area contributed by atoms with Gasteiger partial charge in [-0.2, -0.15) is 0 Å². The Kier molecular flexibility index (Phi) is 4.15. The Morgan fingerprint density at radius 1 is 1.05 bits per heavy atom. The molecule has 0 radical (unpaired) electrons. The van der Waals surface area contributed by atoms with E-state index in [1.165, 1.54) is 0 Å². The maximum absolute atomic E-state index is 12.1. The molecule has 0 aliphatic rings. The molecule has 4 heteroatoms. The van der Waals surface area contributed by atoms with Gasteiger partial charge in [-0.15, -0.1) is 0 Å². The van der Waals surface area contributed by atoms with E-state index in [1.807, 2.05) is 43.3 Å². The number of benzene rings is 2. The van der Waals surface area contributed by atoms with Crippen molar-refractivity contribution in [2.45, 2.75) is 6.92 Å². The number of aryl methyl sites for hydroxylation is 1. The molecule has 0 heterocycles. The predicted molar refractivity (Wildman–Crippen MR) is 78.1 cm³/mol. The van der Waals surface area contributed by atoms with Gasteiger partial charge in [0, 0.05) is 5.56 Å². The number of hydrogen-bond donors (Lipinski definition) is 2. The molecule has 102 valence electrons. The molecule has 2 aromatic carbocycles. The van der Waals surface area contributed by atoms with Crippen LogP contribution < -0.4 is 11.1 Å². The van der Waals surface area contributed by atoms with Crippen molar-refractivity contribution in [3.05, 3.63) is 59.7 Å². The summed E-state index contributed by atoms with van der Waals surface area (Å²) in [6.45, 7) is 1.84. The lowest BCUT2D eigenvalue weighted by atomic mass is 9.98. The van der Waals surface area contributed by atoms with E-state index in [-0.39, 0.29) is 12.5 Å². The van der Waals surface area contributed by atoms with Crippen LogP contribution in [0.4, 0.5) is 0 Å². The van der Waals surface area contributed by atoms with Gasteiger partial charge in [-0.25, -0.2) is 0 Å². The Bertz CT molecular complexity index is 633. The summed E-state index contributed by atoms with van der Waals surface area (Å²) >= 11 is 0. The second-order valence-electron chi connectivity index (χ2n) is 4.56. The summed E-state index contributed by atoms with van der Waals surface area (Å²) in [6, 6.07) is 15.2. The van der Waals surface area contributed by atoms with Gasteiger partial charge in [0.2, 0.25) is 5.91 Å². The van der Waals surface area contributed by atoms with Crippen LogP contribution in [0.5, 0.6) is 0 Å². The van der Waals surface area contributed by atoms with Gasteiger partial charge in [-0.05, 0) is 24.1 Å². The third kappa shape index (κ3) is 3.23. The molecule has 0 aliphatic heterocycles. The standard InChI is InChI=1S/C16H16N2O2/c1-11-6-8-12(9-7-11)13-4-2-3-5-14(13)16(20)18-10-15(17)19/h2-9H,10H2,1H3,(H2,17,19)(H,18,20). The fourth-order valence-corrected chi connectivity index (χ4v) is 1.93. The highest BCUT2D eigenvalue weighted by Crippen LogP contribution is 2.23. The normalized spacial score (nSPS) is 10.1. The van der Waals surface area contributed by atoms with Crippen LogP contribution in [0.25, 0.3) is 11.1 Å². The fourth-order valence-electron chi connectivity index (χ4n) is 1.93. The number of nitrogens with one attached hydrogen (secondary N) is 1. The summed E-state index contributed by atoms with van der Waals surface area (Å²) in [5.74, 6) is -0.869. The van der Waals surface area contributed by atoms with E-state index in [0.717, 1.165) is 16.7 Å². The van der Waals surface area contributed by atoms with Crippen LogP contribution in [-0.4, -0.2) is 18.4 Å². The summed E-state index contributed by atoms with van der Waals surface area (Å²) in [4.78, 5) is 22.8. The summed E-state index contributed by atoms with van der Waals surface area (Å²) in [5.41, 5.74) is 8.50. The zero-order valence-corrected chi connectivity index (χ0v) is 11.2. The number of amides is 2. The monoisotopic (exact) mass is 268 g/mol. The van der Waals surface area contributed by atoms with Crippen molar-refractivity contribution in [3.8, 4) is 11.1 Å². The molecule has 20 heavy (non-hydrogen) atoms. The highest BCUT2D eigenvalue weighted by atomic mass is 16.2. The van der Waals surface area contributed by atoms with Crippen molar-refractivity contribution in [2.24, 2.45) is 5.73 Å². The molecule has 0 unspecified atom stereocenters. The van der Waals surface area contributed by atoms with E-state index >= 15 is 0 Å². The molecule has 0 saturated heterocycles. The summed E-state index contributed by atoms with van der Waals surface area (Å²) in [7, 11) is 0. The quantitative estimate of drug-likeness (QED) is 0.888. The molecule has 4 nitrogen and oxygen atoms in total. The van der Waals surface area contributed by atoms with Gasteiger partial charge in [0.05, 0.1) is 6.54 Å². The number of rotatable bonds is 4. The summed E-state index contributed by atoms with van der Waals surface area (Å²) in [5, 5.41) is 2.51. The maximum Gasteiger partial charge on any atom is 0.252 e. The van der Waals surface area contributed by atoms with Crippen LogP contribution in [0.15, 0.2) is 48.5 Å². The Morgan fingerprint density at radius 3 is 2.35 bits per heavy atom. The van der Waals surface area contributed by atoms with Gasteiger partial charge in [0.25, 0.3) is 5.91 Å². The van der Waals surface area contributed by atoms with Gasteiger partial charge in [-0.3, -0.25) is 9.59 Å². The first kappa shape index (κ1) is 13.8. The van der Waals surface area contributed by atoms with E-state index in [4.69, 9.17) is 5.73 Å². The molecule has 0 bridgehead atoms. The van der Waals surface area contributed by atoms with E-state index in [1.54, 1.807) is 12.1 Å². The number of carbonyl (C=O) groups excluding carboxylic acids is 2. The molecule has 2 aromatic rings. The third-order valence-corrected chi connectivity index (χ3v) is 2.96. The van der Waals surface area contributed by atoms with Crippen molar-refractivity contribution in [3.63, 3.8) is 0 Å². The topological polar surface area (TPSA) is 72.2 Å². The molecular formula is C16H16N2O2. The second kappa shape index (κ2) is 6.02. The maximum atomic E-state index is 12.1. The lowest BCUT2D eigenvalue weighted by molar-refractivity contribution is -0.117. The van der Waals surface area contributed by atoms with Crippen LogP contribution >= 0.6 is 0 Å². The smallest absolute Gasteiger partial charge is 0.252 e. The van der Waals surface area contributed by atoms with Crippen molar-refractivity contribution in [2.75, 3.05) is 6.54 Å². The van der Waals surface area contributed by atoms with Gasteiger partial charge in [0.1, 0.15) is 0 Å². The number of hydrogen-bond acceptors (Lipinski definition) is 2.